The van der Waals surface area contributed by atoms with Gasteiger partial charge in [-0.3, -0.25) is 9.59 Å². The van der Waals surface area contributed by atoms with Crippen molar-refractivity contribution < 1.29 is 19.2 Å². The highest BCUT2D eigenvalue weighted by atomic mass is 16.7. The van der Waals surface area contributed by atoms with E-state index in [2.05, 4.69) is 15.6 Å². The minimum atomic E-state index is -1.65. The van der Waals surface area contributed by atoms with Crippen molar-refractivity contribution in [3.05, 3.63) is 18.0 Å². The van der Waals surface area contributed by atoms with Gasteiger partial charge in [-0.1, -0.05) is 5.16 Å². The van der Waals surface area contributed by atoms with E-state index in [1.165, 1.54) is 0 Å². The number of nitrogens with zero attached hydrogens (tertiary/aromatic N) is 6. The van der Waals surface area contributed by atoms with E-state index in [0.717, 1.165) is 60.8 Å². The maximum Gasteiger partial charge on any atom is 0.297 e. The van der Waals surface area contributed by atoms with Gasteiger partial charge in [0, 0.05) is 63.7 Å². The number of rotatable bonds is 6. The van der Waals surface area contributed by atoms with Crippen LogP contribution in [-0.2, 0) is 25.7 Å². The Bertz CT molecular complexity index is 1180. The Balaban J connectivity index is 1.37. The van der Waals surface area contributed by atoms with Gasteiger partial charge in [0.2, 0.25) is 0 Å². The molecule has 0 spiro atoms. The third-order valence-electron chi connectivity index (χ3n) is 8.05. The Morgan fingerprint density at radius 3 is 2.30 bits per heavy atom. The Hall–Kier alpha value is -3.21. The number of aromatic nitrogens is 3. The van der Waals surface area contributed by atoms with Crippen molar-refractivity contribution in [3.8, 4) is 0 Å². The molecule has 1 N–H and O–H groups in total. The Morgan fingerprint density at radius 2 is 1.68 bits per heavy atom. The number of nitrogens with one attached hydrogen (secondary N) is 1. The van der Waals surface area contributed by atoms with Crippen LogP contribution in [0.4, 0.5) is 5.69 Å². The summed E-state index contributed by atoms with van der Waals surface area (Å²) < 4.78 is 7.42. The van der Waals surface area contributed by atoms with Gasteiger partial charge in [0.05, 0.1) is 29.4 Å². The van der Waals surface area contributed by atoms with E-state index < -0.39 is 5.60 Å². The van der Waals surface area contributed by atoms with Crippen LogP contribution in [0.2, 0.25) is 0 Å². The molecule has 0 radical (unpaired) electrons. The van der Waals surface area contributed by atoms with Gasteiger partial charge >= 0.3 is 0 Å². The molecular formula is C26H35N7O4. The fraction of sp³-hybridized carbons (Fsp3) is 0.654. The lowest BCUT2D eigenvalue weighted by Crippen LogP contribution is -2.58. The first-order valence-electron chi connectivity index (χ1n) is 13.6. The van der Waals surface area contributed by atoms with Crippen LogP contribution in [0.1, 0.15) is 57.4 Å². The summed E-state index contributed by atoms with van der Waals surface area (Å²) in [4.78, 5) is 41.8. The maximum absolute atomic E-state index is 13.8. The van der Waals surface area contributed by atoms with Crippen LogP contribution < -0.4 is 5.32 Å². The van der Waals surface area contributed by atoms with Crippen molar-refractivity contribution in [3.63, 3.8) is 0 Å². The normalized spacial score (nSPS) is 21.9. The number of carbonyl (C=O) groups is 2. The lowest BCUT2D eigenvalue weighted by molar-refractivity contribution is -0.170. The molecule has 0 bridgehead atoms. The molecule has 2 amide bonds. The third-order valence-corrected chi connectivity index (χ3v) is 8.05. The molecule has 6 rings (SSSR count). The second-order valence-electron chi connectivity index (χ2n) is 10.4. The Labute approximate surface area is 216 Å². The van der Waals surface area contributed by atoms with Crippen LogP contribution in [0.15, 0.2) is 17.5 Å². The van der Waals surface area contributed by atoms with Gasteiger partial charge in [0.1, 0.15) is 0 Å². The predicted molar refractivity (Wildman–Crippen MR) is 137 cm³/mol. The molecular weight excluding hydrogens is 474 g/mol. The number of amides is 2. The van der Waals surface area contributed by atoms with Crippen LogP contribution in [0.5, 0.6) is 0 Å². The molecule has 11 heteroatoms. The standard InChI is InChI=1S/C26H35N7O4/c1-2-33-23-20(17-28-33)22(29-18-7-13-36-14-8-18)19(16-27-23)21-15-26(37-30-21,24(34)31-9-3-4-10-31)25(35)32-11-5-6-12-32/h16-18H,2-15H2,1H3,(H,27,29). The van der Waals surface area contributed by atoms with Gasteiger partial charge in [0.25, 0.3) is 17.4 Å². The maximum atomic E-state index is 13.8. The van der Waals surface area contributed by atoms with E-state index >= 15 is 0 Å². The second kappa shape index (κ2) is 9.92. The van der Waals surface area contributed by atoms with Crippen molar-refractivity contribution in [2.75, 3.05) is 44.7 Å². The summed E-state index contributed by atoms with van der Waals surface area (Å²) in [5.41, 5.74) is 1.32. The highest BCUT2D eigenvalue weighted by Gasteiger charge is 2.57. The Kier molecular flexibility index (Phi) is 6.48. The SMILES string of the molecule is CCn1ncc2c(NC3CCOCC3)c(C3=NOC(C(=O)N4CCCC4)(C(=O)N4CCCC4)C3)cnc21. The molecule has 37 heavy (non-hydrogen) atoms. The summed E-state index contributed by atoms with van der Waals surface area (Å²) in [6.45, 7) is 6.73. The number of aryl methyl sites for hydroxylation is 1. The lowest BCUT2D eigenvalue weighted by Gasteiger charge is -2.32. The summed E-state index contributed by atoms with van der Waals surface area (Å²) in [6.07, 6.45) is 9.22. The predicted octanol–water partition coefficient (Wildman–Crippen LogP) is 2.15. The first-order chi connectivity index (χ1) is 18.1. The quantitative estimate of drug-likeness (QED) is 0.594. The van der Waals surface area contributed by atoms with Crippen molar-refractivity contribution in [1.29, 1.82) is 0 Å². The van der Waals surface area contributed by atoms with Crippen molar-refractivity contribution in [2.45, 2.75) is 70.1 Å². The fourth-order valence-corrected chi connectivity index (χ4v) is 5.93. The van der Waals surface area contributed by atoms with E-state index in [0.29, 0.717) is 51.6 Å². The number of carbonyl (C=O) groups excluding carboxylic acids is 2. The summed E-state index contributed by atoms with van der Waals surface area (Å²) >= 11 is 0. The number of hydrogen-bond acceptors (Lipinski definition) is 8. The average molecular weight is 510 g/mol. The Morgan fingerprint density at radius 1 is 1.03 bits per heavy atom. The van der Waals surface area contributed by atoms with E-state index in [4.69, 9.17) is 14.6 Å². The molecule has 6 heterocycles. The van der Waals surface area contributed by atoms with Crippen LogP contribution in [0.3, 0.4) is 0 Å². The van der Waals surface area contributed by atoms with Crippen LogP contribution >= 0.6 is 0 Å². The molecule has 2 aromatic heterocycles. The van der Waals surface area contributed by atoms with Gasteiger partial charge < -0.3 is 24.7 Å². The van der Waals surface area contributed by atoms with Crippen molar-refractivity contribution in [2.24, 2.45) is 5.16 Å². The molecule has 4 aliphatic rings. The summed E-state index contributed by atoms with van der Waals surface area (Å²) in [7, 11) is 0. The molecule has 3 saturated heterocycles. The van der Waals surface area contributed by atoms with Crippen LogP contribution in [0, 0.1) is 0 Å². The van der Waals surface area contributed by atoms with E-state index in [-0.39, 0.29) is 24.3 Å². The summed E-state index contributed by atoms with van der Waals surface area (Å²) in [6, 6.07) is 0.230. The number of pyridine rings is 1. The largest absolute Gasteiger partial charge is 0.381 e. The molecule has 0 unspecified atom stereocenters. The number of fused-ring (bicyclic) bond motifs is 1. The van der Waals surface area contributed by atoms with Gasteiger partial charge in [-0.05, 0) is 45.4 Å². The van der Waals surface area contributed by atoms with E-state index in [1.54, 1.807) is 16.0 Å². The zero-order chi connectivity index (χ0) is 25.4. The molecule has 198 valence electrons. The molecule has 3 fully saturated rings. The van der Waals surface area contributed by atoms with E-state index in [9.17, 15) is 9.59 Å². The molecule has 0 aliphatic carbocycles. The minimum absolute atomic E-state index is 0.0925. The molecule has 2 aromatic rings. The fourth-order valence-electron chi connectivity index (χ4n) is 5.93. The highest BCUT2D eigenvalue weighted by molar-refractivity contribution is 6.18. The van der Waals surface area contributed by atoms with Crippen LogP contribution in [-0.4, -0.2) is 93.1 Å². The number of hydrogen-bond donors (Lipinski definition) is 1. The van der Waals surface area contributed by atoms with Crippen molar-refractivity contribution in [1.82, 2.24) is 24.6 Å². The monoisotopic (exact) mass is 509 g/mol. The second-order valence-corrected chi connectivity index (χ2v) is 10.4. The first-order valence-corrected chi connectivity index (χ1v) is 13.6. The summed E-state index contributed by atoms with van der Waals surface area (Å²) in [5, 5.41) is 13.5. The molecule has 0 saturated carbocycles. The average Bonchev–Trinajstić information content (AvgIpc) is 3.75. The van der Waals surface area contributed by atoms with Gasteiger partial charge in [0.15, 0.2) is 5.65 Å². The summed E-state index contributed by atoms with van der Waals surface area (Å²) in [5.74, 6) is -0.542. The number of ether oxygens (including phenoxy) is 1. The molecule has 0 aromatic carbocycles. The number of likely N-dealkylation sites (tertiary alicyclic amines) is 2. The van der Waals surface area contributed by atoms with Gasteiger partial charge in [-0.25, -0.2) is 9.67 Å². The molecule has 11 nitrogen and oxygen atoms in total. The van der Waals surface area contributed by atoms with Gasteiger partial charge in [-0.15, -0.1) is 0 Å². The smallest absolute Gasteiger partial charge is 0.297 e. The zero-order valence-electron chi connectivity index (χ0n) is 21.4. The number of oxime groups is 1. The van der Waals surface area contributed by atoms with Gasteiger partial charge in [-0.2, -0.15) is 5.10 Å². The van der Waals surface area contributed by atoms with Crippen molar-refractivity contribution >= 4 is 34.2 Å². The third kappa shape index (κ3) is 4.22. The molecule has 0 atom stereocenters. The van der Waals surface area contributed by atoms with Crippen LogP contribution in [0.25, 0.3) is 11.0 Å². The zero-order valence-corrected chi connectivity index (χ0v) is 21.4. The van der Waals surface area contributed by atoms with E-state index in [1.807, 2.05) is 17.8 Å². The minimum Gasteiger partial charge on any atom is -0.381 e. The lowest BCUT2D eigenvalue weighted by atomic mass is 9.90. The number of anilines is 1. The first kappa shape index (κ1) is 24.1. The highest BCUT2D eigenvalue weighted by Crippen LogP contribution is 2.37. The molecule has 4 aliphatic heterocycles. The topological polar surface area (TPSA) is 114 Å².